The van der Waals surface area contributed by atoms with E-state index < -0.39 is 11.3 Å². The van der Waals surface area contributed by atoms with E-state index in [1.165, 1.54) is 6.20 Å². The molecule has 0 radical (unpaired) electrons. The number of likely N-dealkylation sites (tertiary alicyclic amines) is 1. The summed E-state index contributed by atoms with van der Waals surface area (Å²) in [5.41, 5.74) is 8.08. The van der Waals surface area contributed by atoms with Crippen molar-refractivity contribution in [2.24, 2.45) is 11.1 Å². The molecular formula is C25H26N6O4. The summed E-state index contributed by atoms with van der Waals surface area (Å²) < 4.78 is 12.6. The van der Waals surface area contributed by atoms with Crippen LogP contribution in [0.15, 0.2) is 42.7 Å². The van der Waals surface area contributed by atoms with Crippen molar-refractivity contribution in [2.75, 3.05) is 32.6 Å². The third-order valence-electron chi connectivity index (χ3n) is 6.89. The van der Waals surface area contributed by atoms with Gasteiger partial charge in [0.05, 0.1) is 48.3 Å². The molecule has 1 aliphatic heterocycles. The van der Waals surface area contributed by atoms with Crippen molar-refractivity contribution < 1.29 is 19.1 Å². The Morgan fingerprint density at radius 3 is 2.54 bits per heavy atom. The third-order valence-corrected chi connectivity index (χ3v) is 6.89. The maximum absolute atomic E-state index is 12.9. The smallest absolute Gasteiger partial charge is 0.252 e. The quantitative estimate of drug-likeness (QED) is 0.535. The van der Waals surface area contributed by atoms with Crippen LogP contribution in [0.5, 0.6) is 5.75 Å². The van der Waals surface area contributed by atoms with Crippen LogP contribution in [0.25, 0.3) is 16.6 Å². The number of methoxy groups -OCH3 is 2. The molecule has 2 atom stereocenters. The van der Waals surface area contributed by atoms with Gasteiger partial charge in [0, 0.05) is 32.0 Å². The monoisotopic (exact) mass is 474 g/mol. The Hall–Kier alpha value is -4.10. The van der Waals surface area contributed by atoms with Gasteiger partial charge in [-0.2, -0.15) is 10.4 Å². The standard InChI is InChI=1S/C25H26N6O4/c1-34-17-5-3-15(4-6-17)16-9-20-22(18(23(27)32)10-28-31(20)11-16)29-19-12-30(13-21(19)35-2)24(33)25(14-26)7-8-25/h3-6,9-11,19,21,29H,7-8,12-13H2,1-2H3,(H2,27,32). The Balaban J connectivity index is 1.49. The topological polar surface area (TPSA) is 135 Å². The van der Waals surface area contributed by atoms with Crippen LogP contribution in [0.4, 0.5) is 5.69 Å². The molecule has 3 heterocycles. The van der Waals surface area contributed by atoms with Gasteiger partial charge >= 0.3 is 0 Å². The van der Waals surface area contributed by atoms with E-state index in [0.717, 1.165) is 16.9 Å². The summed E-state index contributed by atoms with van der Waals surface area (Å²) in [6.45, 7) is 0.710. The second kappa shape index (κ2) is 8.60. The van der Waals surface area contributed by atoms with E-state index in [4.69, 9.17) is 15.2 Å². The molecule has 0 bridgehead atoms. The number of nitrogens with two attached hydrogens (primary N) is 1. The zero-order valence-electron chi connectivity index (χ0n) is 19.5. The van der Waals surface area contributed by atoms with Gasteiger partial charge in [0.15, 0.2) is 0 Å². The number of carbonyl (C=O) groups excluding carboxylic acids is 2. The van der Waals surface area contributed by atoms with E-state index >= 15 is 0 Å². The summed E-state index contributed by atoms with van der Waals surface area (Å²) in [7, 11) is 3.20. The largest absolute Gasteiger partial charge is 0.497 e. The first-order chi connectivity index (χ1) is 16.9. The molecule has 2 fully saturated rings. The number of nitrogens with one attached hydrogen (secondary N) is 1. The van der Waals surface area contributed by atoms with Crippen LogP contribution in [-0.4, -0.2) is 65.8 Å². The Morgan fingerprint density at radius 2 is 1.94 bits per heavy atom. The van der Waals surface area contributed by atoms with Crippen LogP contribution < -0.4 is 15.8 Å². The molecule has 2 unspecified atom stereocenters. The number of nitriles is 1. The first kappa shape index (κ1) is 22.7. The van der Waals surface area contributed by atoms with Gasteiger partial charge in [0.1, 0.15) is 11.2 Å². The van der Waals surface area contributed by atoms with Crippen molar-refractivity contribution in [1.29, 1.82) is 5.26 Å². The lowest BCUT2D eigenvalue weighted by Crippen LogP contribution is -2.37. The third kappa shape index (κ3) is 3.94. The highest BCUT2D eigenvalue weighted by Gasteiger charge is 2.54. The van der Waals surface area contributed by atoms with E-state index in [9.17, 15) is 14.9 Å². The number of anilines is 1. The lowest BCUT2D eigenvalue weighted by molar-refractivity contribution is -0.134. The summed E-state index contributed by atoms with van der Waals surface area (Å²) in [6, 6.07) is 11.4. The Labute approximate surface area is 202 Å². The van der Waals surface area contributed by atoms with Gasteiger partial charge in [0.2, 0.25) is 5.91 Å². The van der Waals surface area contributed by atoms with Crippen LogP contribution in [0.2, 0.25) is 0 Å². The molecule has 10 heteroatoms. The van der Waals surface area contributed by atoms with Crippen LogP contribution in [0.3, 0.4) is 0 Å². The number of primary amides is 1. The molecule has 1 saturated carbocycles. The van der Waals surface area contributed by atoms with E-state index in [0.29, 0.717) is 37.1 Å². The van der Waals surface area contributed by atoms with Crippen molar-refractivity contribution >= 4 is 23.0 Å². The van der Waals surface area contributed by atoms with Crippen molar-refractivity contribution in [1.82, 2.24) is 14.5 Å². The molecule has 3 N–H and O–H groups in total. The molecule has 1 aromatic carbocycles. The molecule has 3 aromatic rings. The molecule has 180 valence electrons. The molecule has 35 heavy (non-hydrogen) atoms. The number of aromatic nitrogens is 2. The molecule has 0 spiro atoms. The normalized spacial score (nSPS) is 20.4. The zero-order valence-corrected chi connectivity index (χ0v) is 19.5. The van der Waals surface area contributed by atoms with Crippen LogP contribution in [0.1, 0.15) is 23.2 Å². The van der Waals surface area contributed by atoms with Crippen LogP contribution in [0, 0.1) is 16.7 Å². The van der Waals surface area contributed by atoms with Crippen LogP contribution in [-0.2, 0) is 9.53 Å². The number of carbonyl (C=O) groups is 2. The second-order valence-electron chi connectivity index (χ2n) is 9.01. The zero-order chi connectivity index (χ0) is 24.7. The van der Waals surface area contributed by atoms with Gasteiger partial charge in [-0.3, -0.25) is 9.59 Å². The molecular weight excluding hydrogens is 448 g/mol. The number of hydrogen-bond donors (Lipinski definition) is 2. The Bertz CT molecular complexity index is 1340. The number of hydrogen-bond acceptors (Lipinski definition) is 7. The Kier molecular flexibility index (Phi) is 5.57. The van der Waals surface area contributed by atoms with Crippen molar-refractivity contribution in [3.63, 3.8) is 0 Å². The average Bonchev–Trinajstić information content (AvgIpc) is 3.38. The highest BCUT2D eigenvalue weighted by Crippen LogP contribution is 2.47. The van der Waals surface area contributed by atoms with Crippen molar-refractivity contribution in [3.05, 3.63) is 48.3 Å². The van der Waals surface area contributed by atoms with E-state index in [1.807, 2.05) is 36.5 Å². The van der Waals surface area contributed by atoms with Crippen molar-refractivity contribution in [2.45, 2.75) is 25.0 Å². The lowest BCUT2D eigenvalue weighted by atomic mass is 10.1. The van der Waals surface area contributed by atoms with E-state index in [1.54, 1.807) is 23.6 Å². The maximum atomic E-state index is 12.9. The maximum Gasteiger partial charge on any atom is 0.252 e. The van der Waals surface area contributed by atoms with Crippen LogP contribution >= 0.6 is 0 Å². The Morgan fingerprint density at radius 1 is 1.20 bits per heavy atom. The molecule has 1 saturated heterocycles. The number of fused-ring (bicyclic) bond motifs is 1. The minimum Gasteiger partial charge on any atom is -0.497 e. The number of nitrogens with zero attached hydrogens (tertiary/aromatic N) is 4. The first-order valence-electron chi connectivity index (χ1n) is 11.3. The number of ether oxygens (including phenoxy) is 2. The van der Waals surface area contributed by atoms with Gasteiger partial charge in [0.25, 0.3) is 5.91 Å². The van der Waals surface area contributed by atoms with E-state index in [2.05, 4.69) is 16.5 Å². The molecule has 1 aliphatic carbocycles. The number of benzene rings is 1. The highest BCUT2D eigenvalue weighted by atomic mass is 16.5. The summed E-state index contributed by atoms with van der Waals surface area (Å²) in [4.78, 5) is 26.9. The summed E-state index contributed by atoms with van der Waals surface area (Å²) >= 11 is 0. The molecule has 2 aliphatic rings. The number of amides is 2. The van der Waals surface area contributed by atoms with Gasteiger partial charge in [-0.25, -0.2) is 4.52 Å². The molecule has 2 amide bonds. The molecule has 5 rings (SSSR count). The van der Waals surface area contributed by atoms with Gasteiger partial charge in [-0.15, -0.1) is 0 Å². The predicted octanol–water partition coefficient (Wildman–Crippen LogP) is 2.05. The highest BCUT2D eigenvalue weighted by molar-refractivity contribution is 6.02. The summed E-state index contributed by atoms with van der Waals surface area (Å²) in [6.07, 6.45) is 4.16. The minimum absolute atomic E-state index is 0.161. The summed E-state index contributed by atoms with van der Waals surface area (Å²) in [5, 5.41) is 17.2. The molecule has 10 nitrogen and oxygen atoms in total. The fraction of sp³-hybridized carbons (Fsp3) is 0.360. The average molecular weight is 475 g/mol. The number of rotatable bonds is 7. The van der Waals surface area contributed by atoms with Gasteiger partial charge < -0.3 is 25.4 Å². The predicted molar refractivity (Wildman–Crippen MR) is 128 cm³/mol. The first-order valence-corrected chi connectivity index (χ1v) is 11.3. The molecule has 2 aromatic heterocycles. The van der Waals surface area contributed by atoms with Crippen molar-refractivity contribution in [3.8, 4) is 22.9 Å². The minimum atomic E-state index is -0.899. The lowest BCUT2D eigenvalue weighted by Gasteiger charge is -2.21. The summed E-state index contributed by atoms with van der Waals surface area (Å²) in [5.74, 6) is -0.0221. The fourth-order valence-electron chi connectivity index (χ4n) is 4.64. The van der Waals surface area contributed by atoms with Gasteiger partial charge in [-0.1, -0.05) is 12.1 Å². The second-order valence-corrected chi connectivity index (χ2v) is 9.01. The fourth-order valence-corrected chi connectivity index (χ4v) is 4.64. The SMILES string of the molecule is COc1ccc(-c2cc3c(NC4CN(C(=O)C5(C#N)CC5)CC4OC)c(C(N)=O)cnn3c2)cc1. The van der Waals surface area contributed by atoms with Gasteiger partial charge in [-0.05, 0) is 36.6 Å². The van der Waals surface area contributed by atoms with E-state index in [-0.39, 0.29) is 23.6 Å².